The highest BCUT2D eigenvalue weighted by atomic mass is 32.1. The van der Waals surface area contributed by atoms with Gasteiger partial charge in [-0.1, -0.05) is 65.1 Å². The van der Waals surface area contributed by atoms with Crippen molar-refractivity contribution < 1.29 is 13.6 Å². The molecule has 0 atom stereocenters. The van der Waals surface area contributed by atoms with Crippen molar-refractivity contribution in [3.8, 4) is 0 Å². The molecule has 7 aromatic rings. The number of nitrogens with zero attached hydrogens (tertiary/aromatic N) is 2. The number of halogens is 2. The first-order valence-corrected chi connectivity index (χ1v) is 15.3. The number of thiazole rings is 2. The monoisotopic (exact) mass is 637 g/mol. The van der Waals surface area contributed by atoms with Gasteiger partial charge in [-0.05, 0) is 72.8 Å². The number of fused-ring (bicyclic) bond motifs is 2. The molecular formula is C33H25F2N7OS2. The lowest BCUT2D eigenvalue weighted by atomic mass is 10.3. The van der Waals surface area contributed by atoms with E-state index in [4.69, 9.17) is 5.73 Å². The molecule has 0 unspecified atom stereocenters. The van der Waals surface area contributed by atoms with E-state index in [2.05, 4.69) is 31.2 Å². The highest BCUT2D eigenvalue weighted by Crippen LogP contribution is 2.31. The maximum Gasteiger partial charge on any atom is 0.323 e. The standard InChI is InChI=1S/C20H14F2N4OS.C13H11N3S/c21-14-7-4-8-15(22)18(14)26-19(27)23-13-9-10-16-17(11-13)28-20(25-16)24-12-5-2-1-3-6-12;14-9-6-7-11-12(8-9)17-13(16-11)15-10-4-2-1-3-5-10/h1-11H,(H,24,25)(H2,23,26,27);1-8H,14H2,(H,15,16). The first-order valence-electron chi connectivity index (χ1n) is 13.6. The summed E-state index contributed by atoms with van der Waals surface area (Å²) in [5, 5.41) is 12.9. The summed E-state index contributed by atoms with van der Waals surface area (Å²) >= 11 is 3.03. The fourth-order valence-corrected chi connectivity index (χ4v) is 6.09. The number of carbonyl (C=O) groups is 1. The van der Waals surface area contributed by atoms with Gasteiger partial charge in [0, 0.05) is 22.7 Å². The van der Waals surface area contributed by atoms with E-state index >= 15 is 0 Å². The molecular weight excluding hydrogens is 613 g/mol. The van der Waals surface area contributed by atoms with Gasteiger partial charge in [-0.25, -0.2) is 23.5 Å². The number of amides is 2. The van der Waals surface area contributed by atoms with Gasteiger partial charge >= 0.3 is 6.03 Å². The topological polar surface area (TPSA) is 117 Å². The molecule has 0 fully saturated rings. The van der Waals surface area contributed by atoms with E-state index in [-0.39, 0.29) is 0 Å². The van der Waals surface area contributed by atoms with E-state index in [1.807, 2.05) is 78.9 Å². The Morgan fingerprint density at radius 3 is 1.71 bits per heavy atom. The Morgan fingerprint density at radius 1 is 0.600 bits per heavy atom. The van der Waals surface area contributed by atoms with Crippen molar-refractivity contribution in [2.45, 2.75) is 0 Å². The zero-order valence-corrected chi connectivity index (χ0v) is 25.1. The van der Waals surface area contributed by atoms with Crippen molar-refractivity contribution in [3.63, 3.8) is 0 Å². The van der Waals surface area contributed by atoms with E-state index in [1.54, 1.807) is 29.5 Å². The normalized spacial score (nSPS) is 10.6. The maximum absolute atomic E-state index is 13.6. The predicted octanol–water partition coefficient (Wildman–Crippen LogP) is 9.58. The summed E-state index contributed by atoms with van der Waals surface area (Å²) in [6.45, 7) is 0. The lowest BCUT2D eigenvalue weighted by molar-refractivity contribution is 0.262. The fourth-order valence-electron chi connectivity index (χ4n) is 4.23. The van der Waals surface area contributed by atoms with Crippen molar-refractivity contribution in [2.24, 2.45) is 0 Å². The van der Waals surface area contributed by atoms with Crippen LogP contribution in [0, 0.1) is 11.6 Å². The number of benzene rings is 5. The summed E-state index contributed by atoms with van der Waals surface area (Å²) < 4.78 is 29.2. The molecule has 0 saturated carbocycles. The van der Waals surface area contributed by atoms with Crippen molar-refractivity contribution >= 4 is 87.8 Å². The Hall–Kier alpha value is -5.59. The average Bonchev–Trinajstić information content (AvgIpc) is 3.62. The van der Waals surface area contributed by atoms with Crippen LogP contribution >= 0.6 is 22.7 Å². The molecule has 8 nitrogen and oxygen atoms in total. The number of nitrogens with two attached hydrogens (primary N) is 1. The number of nitrogen functional groups attached to an aromatic ring is 1. The minimum absolute atomic E-state index is 0.483. The van der Waals surface area contributed by atoms with E-state index < -0.39 is 23.4 Å². The molecule has 45 heavy (non-hydrogen) atoms. The SMILES string of the molecule is Nc1ccc2nc(Nc3ccccc3)sc2c1.O=C(Nc1ccc2nc(Nc3ccccc3)sc2c1)Nc1c(F)cccc1F. The summed E-state index contributed by atoms with van der Waals surface area (Å²) in [5.74, 6) is -1.69. The Labute approximate surface area is 264 Å². The number of aromatic nitrogens is 2. The van der Waals surface area contributed by atoms with Gasteiger partial charge in [0.1, 0.15) is 17.3 Å². The second kappa shape index (κ2) is 13.4. The highest BCUT2D eigenvalue weighted by Gasteiger charge is 2.13. The Balaban J connectivity index is 0.000000179. The van der Waals surface area contributed by atoms with Gasteiger partial charge in [-0.3, -0.25) is 0 Å². The number of anilines is 7. The van der Waals surface area contributed by atoms with Crippen LogP contribution in [0.2, 0.25) is 0 Å². The molecule has 0 spiro atoms. The minimum atomic E-state index is -0.843. The second-order valence-corrected chi connectivity index (χ2v) is 11.7. The molecule has 0 aliphatic carbocycles. The molecule has 0 aliphatic rings. The van der Waals surface area contributed by atoms with Gasteiger partial charge in [0.15, 0.2) is 10.3 Å². The third kappa shape index (κ3) is 7.50. The number of para-hydroxylation sites is 3. The molecule has 2 amide bonds. The van der Waals surface area contributed by atoms with Crippen molar-refractivity contribution in [1.82, 2.24) is 9.97 Å². The molecule has 5 aromatic carbocycles. The Kier molecular flexibility index (Phi) is 8.76. The molecule has 2 aromatic heterocycles. The quantitative estimate of drug-likeness (QED) is 0.116. The van der Waals surface area contributed by atoms with Crippen LogP contribution in [0.15, 0.2) is 115 Å². The van der Waals surface area contributed by atoms with Crippen LogP contribution in [0.1, 0.15) is 0 Å². The van der Waals surface area contributed by atoms with Crippen molar-refractivity contribution in [3.05, 3.63) is 127 Å². The van der Waals surface area contributed by atoms with Crippen LogP contribution in [0.4, 0.5) is 52.3 Å². The molecule has 6 N–H and O–H groups in total. The summed E-state index contributed by atoms with van der Waals surface area (Å²) in [6, 6.07) is 33.2. The van der Waals surface area contributed by atoms with Gasteiger partial charge in [0.2, 0.25) is 0 Å². The molecule has 7 rings (SSSR count). The average molecular weight is 638 g/mol. The number of hydrogen-bond acceptors (Lipinski definition) is 8. The van der Waals surface area contributed by atoms with E-state index in [1.165, 1.54) is 17.4 Å². The number of rotatable bonds is 6. The Morgan fingerprint density at radius 2 is 1.13 bits per heavy atom. The summed E-state index contributed by atoms with van der Waals surface area (Å²) in [4.78, 5) is 21.1. The minimum Gasteiger partial charge on any atom is -0.399 e. The Bertz CT molecular complexity index is 2070. The molecule has 0 aliphatic heterocycles. The third-order valence-corrected chi connectivity index (χ3v) is 8.18. The lowest BCUT2D eigenvalue weighted by Gasteiger charge is -2.09. The molecule has 0 saturated heterocycles. The molecule has 12 heteroatoms. The fraction of sp³-hybridized carbons (Fsp3) is 0. The zero-order chi connectivity index (χ0) is 31.2. The van der Waals surface area contributed by atoms with Gasteiger partial charge in [-0.2, -0.15) is 0 Å². The van der Waals surface area contributed by atoms with Gasteiger partial charge in [-0.15, -0.1) is 0 Å². The smallest absolute Gasteiger partial charge is 0.323 e. The van der Waals surface area contributed by atoms with E-state index in [0.29, 0.717) is 5.69 Å². The van der Waals surface area contributed by atoms with Crippen LogP contribution in [0.25, 0.3) is 20.4 Å². The molecule has 0 bridgehead atoms. The summed E-state index contributed by atoms with van der Waals surface area (Å²) in [7, 11) is 0. The number of hydrogen-bond donors (Lipinski definition) is 5. The third-order valence-electron chi connectivity index (χ3n) is 6.31. The largest absolute Gasteiger partial charge is 0.399 e. The first kappa shape index (κ1) is 29.5. The maximum atomic E-state index is 13.6. The second-order valence-electron chi connectivity index (χ2n) is 9.61. The molecule has 2 heterocycles. The van der Waals surface area contributed by atoms with Crippen molar-refractivity contribution in [1.29, 1.82) is 0 Å². The van der Waals surface area contributed by atoms with Crippen LogP contribution in [0.5, 0.6) is 0 Å². The van der Waals surface area contributed by atoms with Gasteiger partial charge < -0.3 is 27.0 Å². The summed E-state index contributed by atoms with van der Waals surface area (Å²) in [6.07, 6.45) is 0. The lowest BCUT2D eigenvalue weighted by Crippen LogP contribution is -2.20. The van der Waals surface area contributed by atoms with Crippen LogP contribution in [0.3, 0.4) is 0 Å². The zero-order valence-electron chi connectivity index (χ0n) is 23.4. The molecule has 224 valence electrons. The van der Waals surface area contributed by atoms with Gasteiger partial charge in [0.25, 0.3) is 0 Å². The predicted molar refractivity (Wildman–Crippen MR) is 182 cm³/mol. The van der Waals surface area contributed by atoms with E-state index in [9.17, 15) is 13.6 Å². The number of urea groups is 1. The number of carbonyl (C=O) groups excluding carboxylic acids is 1. The first-order chi connectivity index (χ1) is 21.9. The molecule has 0 radical (unpaired) electrons. The van der Waals surface area contributed by atoms with Crippen LogP contribution in [-0.4, -0.2) is 16.0 Å². The van der Waals surface area contributed by atoms with E-state index in [0.717, 1.165) is 59.9 Å². The number of nitrogens with one attached hydrogen (secondary N) is 4. The van der Waals surface area contributed by atoms with Gasteiger partial charge in [0.05, 0.1) is 20.4 Å². The van der Waals surface area contributed by atoms with Crippen molar-refractivity contribution in [2.75, 3.05) is 27.0 Å². The van der Waals surface area contributed by atoms with Crippen LogP contribution in [-0.2, 0) is 0 Å². The van der Waals surface area contributed by atoms with Crippen LogP contribution < -0.4 is 27.0 Å². The highest BCUT2D eigenvalue weighted by molar-refractivity contribution is 7.22. The summed E-state index contributed by atoms with van der Waals surface area (Å²) in [5.41, 5.74) is 10.2.